The molecule has 19 heavy (non-hydrogen) atoms. The van der Waals surface area contributed by atoms with E-state index in [2.05, 4.69) is 37.4 Å². The zero-order chi connectivity index (χ0) is 13.8. The highest BCUT2D eigenvalue weighted by Crippen LogP contribution is 2.29. The Morgan fingerprint density at radius 1 is 1.42 bits per heavy atom. The van der Waals surface area contributed by atoms with Gasteiger partial charge in [-0.25, -0.2) is 0 Å². The van der Waals surface area contributed by atoms with Crippen LogP contribution in [0.5, 0.6) is 0 Å². The van der Waals surface area contributed by atoms with Gasteiger partial charge in [0.2, 0.25) is 0 Å². The Morgan fingerprint density at radius 2 is 2.21 bits per heavy atom. The third kappa shape index (κ3) is 3.93. The van der Waals surface area contributed by atoms with Crippen molar-refractivity contribution in [3.8, 4) is 0 Å². The zero-order valence-electron chi connectivity index (χ0n) is 11.9. The van der Waals surface area contributed by atoms with Crippen molar-refractivity contribution in [2.24, 2.45) is 17.6 Å². The number of hydrogen-bond acceptors (Lipinski definition) is 2. The van der Waals surface area contributed by atoms with Crippen LogP contribution >= 0.6 is 12.2 Å². The molecule has 104 valence electrons. The molecule has 3 heteroatoms. The maximum atomic E-state index is 5.81. The van der Waals surface area contributed by atoms with Gasteiger partial charge in [-0.05, 0) is 43.7 Å². The quantitative estimate of drug-likeness (QED) is 0.820. The van der Waals surface area contributed by atoms with Crippen LogP contribution in [0.1, 0.15) is 43.7 Å². The van der Waals surface area contributed by atoms with Crippen molar-refractivity contribution >= 4 is 22.9 Å². The number of aryl methyl sites for hydroxylation is 1. The van der Waals surface area contributed by atoms with Crippen LogP contribution < -0.4 is 11.1 Å². The fraction of sp³-hybridized carbons (Fsp3) is 0.562. The van der Waals surface area contributed by atoms with E-state index in [-0.39, 0.29) is 0 Å². The molecule has 0 heterocycles. The fourth-order valence-electron chi connectivity index (χ4n) is 3.02. The van der Waals surface area contributed by atoms with Gasteiger partial charge in [0.25, 0.3) is 0 Å². The Balaban J connectivity index is 2.01. The van der Waals surface area contributed by atoms with E-state index < -0.39 is 0 Å². The third-order valence-electron chi connectivity index (χ3n) is 4.07. The molecule has 0 radical (unpaired) electrons. The average molecular weight is 276 g/mol. The topological polar surface area (TPSA) is 38.0 Å². The first kappa shape index (κ1) is 14.3. The standard InChI is InChI=1S/C16H24N2S/c1-11-4-3-5-13(8-11)10-18-15-7-6-12(2)9-14(15)16(17)19/h6-7,9,11,13,18H,3-5,8,10H2,1-2H3,(H2,17,19). The second kappa shape index (κ2) is 6.38. The first-order valence-electron chi connectivity index (χ1n) is 7.20. The fourth-order valence-corrected chi connectivity index (χ4v) is 3.18. The average Bonchev–Trinajstić information content (AvgIpc) is 2.37. The molecule has 2 unspecified atom stereocenters. The normalized spacial score (nSPS) is 23.1. The Morgan fingerprint density at radius 3 is 2.89 bits per heavy atom. The number of nitrogens with one attached hydrogen (secondary N) is 1. The first-order valence-corrected chi connectivity index (χ1v) is 7.61. The molecular weight excluding hydrogens is 252 g/mol. The van der Waals surface area contributed by atoms with Gasteiger partial charge in [0.15, 0.2) is 0 Å². The van der Waals surface area contributed by atoms with Crippen LogP contribution in [0.15, 0.2) is 18.2 Å². The molecule has 0 saturated heterocycles. The molecule has 1 aromatic carbocycles. The van der Waals surface area contributed by atoms with Gasteiger partial charge in [-0.2, -0.15) is 0 Å². The second-order valence-electron chi connectivity index (χ2n) is 5.93. The molecule has 0 amide bonds. The Labute approximate surface area is 121 Å². The Bertz CT molecular complexity index is 456. The van der Waals surface area contributed by atoms with E-state index in [1.54, 1.807) is 0 Å². The summed E-state index contributed by atoms with van der Waals surface area (Å²) in [5.41, 5.74) is 9.05. The van der Waals surface area contributed by atoms with E-state index >= 15 is 0 Å². The van der Waals surface area contributed by atoms with Crippen LogP contribution in [0.3, 0.4) is 0 Å². The van der Waals surface area contributed by atoms with Crippen molar-refractivity contribution in [1.82, 2.24) is 0 Å². The highest BCUT2D eigenvalue weighted by Gasteiger charge is 2.18. The summed E-state index contributed by atoms with van der Waals surface area (Å²) in [7, 11) is 0. The molecule has 0 bridgehead atoms. The number of nitrogens with two attached hydrogens (primary N) is 1. The number of benzene rings is 1. The maximum absolute atomic E-state index is 5.81. The van der Waals surface area contributed by atoms with Crippen LogP contribution in [0.4, 0.5) is 5.69 Å². The van der Waals surface area contributed by atoms with Crippen LogP contribution in [0, 0.1) is 18.8 Å². The van der Waals surface area contributed by atoms with Gasteiger partial charge < -0.3 is 11.1 Å². The Hall–Kier alpha value is -1.09. The minimum Gasteiger partial charge on any atom is -0.389 e. The minimum absolute atomic E-state index is 0.475. The molecule has 1 aromatic rings. The number of thiocarbonyl (C=S) groups is 1. The molecule has 2 rings (SSSR count). The number of hydrogen-bond donors (Lipinski definition) is 2. The molecule has 3 N–H and O–H groups in total. The molecule has 0 aliphatic heterocycles. The summed E-state index contributed by atoms with van der Waals surface area (Å²) < 4.78 is 0. The molecule has 2 nitrogen and oxygen atoms in total. The lowest BCUT2D eigenvalue weighted by Crippen LogP contribution is -2.22. The van der Waals surface area contributed by atoms with Crippen LogP contribution in [-0.4, -0.2) is 11.5 Å². The molecule has 1 saturated carbocycles. The zero-order valence-corrected chi connectivity index (χ0v) is 12.7. The molecular formula is C16H24N2S. The summed E-state index contributed by atoms with van der Waals surface area (Å²) in [6, 6.07) is 6.26. The predicted octanol–water partition coefficient (Wildman–Crippen LogP) is 3.87. The summed E-state index contributed by atoms with van der Waals surface area (Å²) in [5.74, 6) is 1.65. The molecule has 0 spiro atoms. The van der Waals surface area contributed by atoms with E-state index in [9.17, 15) is 0 Å². The van der Waals surface area contributed by atoms with E-state index in [0.717, 1.165) is 29.6 Å². The van der Waals surface area contributed by atoms with Gasteiger partial charge in [-0.15, -0.1) is 0 Å². The van der Waals surface area contributed by atoms with E-state index in [4.69, 9.17) is 18.0 Å². The van der Waals surface area contributed by atoms with Gasteiger partial charge in [-0.3, -0.25) is 0 Å². The molecule has 1 aliphatic carbocycles. The maximum Gasteiger partial charge on any atom is 0.106 e. The van der Waals surface area contributed by atoms with Gasteiger partial charge in [0.1, 0.15) is 4.99 Å². The Kier molecular flexibility index (Phi) is 4.81. The molecule has 2 atom stereocenters. The third-order valence-corrected chi connectivity index (χ3v) is 4.29. The van der Waals surface area contributed by atoms with Crippen LogP contribution in [0.25, 0.3) is 0 Å². The predicted molar refractivity (Wildman–Crippen MR) is 86.7 cm³/mol. The molecule has 1 aliphatic rings. The van der Waals surface area contributed by atoms with Gasteiger partial charge in [0.05, 0.1) is 0 Å². The van der Waals surface area contributed by atoms with Crippen LogP contribution in [0.2, 0.25) is 0 Å². The first-order chi connectivity index (χ1) is 9.06. The smallest absolute Gasteiger partial charge is 0.106 e. The second-order valence-corrected chi connectivity index (χ2v) is 6.37. The van der Waals surface area contributed by atoms with Crippen molar-refractivity contribution < 1.29 is 0 Å². The van der Waals surface area contributed by atoms with Crippen molar-refractivity contribution in [1.29, 1.82) is 0 Å². The van der Waals surface area contributed by atoms with Crippen molar-refractivity contribution in [2.45, 2.75) is 39.5 Å². The monoisotopic (exact) mass is 276 g/mol. The number of rotatable bonds is 4. The minimum atomic E-state index is 0.475. The lowest BCUT2D eigenvalue weighted by Gasteiger charge is -2.27. The SMILES string of the molecule is Cc1ccc(NCC2CCCC(C)C2)c(C(N)=S)c1. The summed E-state index contributed by atoms with van der Waals surface area (Å²) in [4.78, 5) is 0.475. The summed E-state index contributed by atoms with van der Waals surface area (Å²) in [6.07, 6.45) is 5.43. The van der Waals surface area contributed by atoms with Gasteiger partial charge in [-0.1, -0.05) is 43.6 Å². The van der Waals surface area contributed by atoms with Crippen LogP contribution in [-0.2, 0) is 0 Å². The van der Waals surface area contributed by atoms with E-state index in [1.165, 1.54) is 31.2 Å². The lowest BCUT2D eigenvalue weighted by atomic mass is 9.82. The summed E-state index contributed by atoms with van der Waals surface area (Å²) in [5, 5.41) is 3.54. The summed E-state index contributed by atoms with van der Waals surface area (Å²) >= 11 is 5.14. The molecule has 0 aromatic heterocycles. The largest absolute Gasteiger partial charge is 0.389 e. The highest BCUT2D eigenvalue weighted by molar-refractivity contribution is 7.80. The van der Waals surface area contributed by atoms with Crippen molar-refractivity contribution in [2.75, 3.05) is 11.9 Å². The van der Waals surface area contributed by atoms with Gasteiger partial charge in [0, 0.05) is 17.8 Å². The molecule has 1 fully saturated rings. The summed E-state index contributed by atoms with van der Waals surface area (Å²) in [6.45, 7) is 5.45. The van der Waals surface area contributed by atoms with E-state index in [1.807, 2.05) is 0 Å². The lowest BCUT2D eigenvalue weighted by molar-refractivity contribution is 0.293. The van der Waals surface area contributed by atoms with Gasteiger partial charge >= 0.3 is 0 Å². The van der Waals surface area contributed by atoms with Crippen molar-refractivity contribution in [3.63, 3.8) is 0 Å². The highest BCUT2D eigenvalue weighted by atomic mass is 32.1. The van der Waals surface area contributed by atoms with E-state index in [0.29, 0.717) is 4.99 Å². The number of anilines is 1. The van der Waals surface area contributed by atoms with Crippen molar-refractivity contribution in [3.05, 3.63) is 29.3 Å².